The van der Waals surface area contributed by atoms with Crippen LogP contribution in [0.25, 0.3) is 0 Å². The van der Waals surface area contributed by atoms with Gasteiger partial charge in [0.1, 0.15) is 0 Å². The molecule has 0 aliphatic carbocycles. The van der Waals surface area contributed by atoms with E-state index in [1.165, 1.54) is 0 Å². The van der Waals surface area contributed by atoms with Gasteiger partial charge in [-0.05, 0) is 78.1 Å². The maximum Gasteiger partial charge on any atom is 0.0319 e. The molecule has 0 bridgehead atoms. The van der Waals surface area contributed by atoms with Crippen molar-refractivity contribution in [2.45, 2.75) is 123 Å². The Bertz CT molecular complexity index is 461. The first-order chi connectivity index (χ1) is 15.9. The molecule has 6 N–H and O–H groups in total. The highest BCUT2D eigenvalue weighted by Gasteiger charge is 2.31. The molecule has 0 rings (SSSR count). The molecule has 0 heterocycles. The van der Waals surface area contributed by atoms with Gasteiger partial charge in [0.15, 0.2) is 0 Å². The van der Waals surface area contributed by atoms with Crippen molar-refractivity contribution in [3.8, 4) is 0 Å². The lowest BCUT2D eigenvalue weighted by Crippen LogP contribution is -2.44. The average molecular weight is 519 g/mol. The fourth-order valence-corrected chi connectivity index (χ4v) is 5.19. The molecule has 0 aliphatic rings. The number of aliphatic hydroxyl groups is 1. The molecule has 0 aromatic rings. The van der Waals surface area contributed by atoms with Crippen LogP contribution in [0.2, 0.25) is 0 Å². The number of aliphatic hydroxyl groups excluding tert-OH is 1. The van der Waals surface area contributed by atoms with Crippen molar-refractivity contribution in [1.29, 1.82) is 0 Å². The zero-order valence-corrected chi connectivity index (χ0v) is 28.1. The predicted octanol–water partition coefficient (Wildman–Crippen LogP) is 7.38. The molecule has 0 amide bonds. The first-order valence-corrected chi connectivity index (χ1v) is 14.8. The van der Waals surface area contributed by atoms with Crippen molar-refractivity contribution in [3.05, 3.63) is 0 Å². The summed E-state index contributed by atoms with van der Waals surface area (Å²) in [6.45, 7) is 37.5. The Kier molecular flexibility index (Phi) is 25.9. The van der Waals surface area contributed by atoms with Gasteiger partial charge in [0.25, 0.3) is 0 Å². The predicted molar refractivity (Wildman–Crippen MR) is 165 cm³/mol. The first kappa shape index (κ1) is 42.9. The van der Waals surface area contributed by atoms with E-state index in [0.717, 1.165) is 54.5 Å². The molecule has 0 saturated heterocycles. The van der Waals surface area contributed by atoms with Crippen LogP contribution in [0.1, 0.15) is 111 Å². The van der Waals surface area contributed by atoms with Crippen molar-refractivity contribution in [2.24, 2.45) is 76.7 Å². The summed E-state index contributed by atoms with van der Waals surface area (Å²) in [4.78, 5) is 0. The Morgan fingerprint density at radius 1 is 0.417 bits per heavy atom. The molecule has 10 atom stereocenters. The molecule has 0 saturated carbocycles. The molecule has 0 aromatic heterocycles. The lowest BCUT2D eigenvalue weighted by Gasteiger charge is -2.38. The van der Waals surface area contributed by atoms with Crippen molar-refractivity contribution in [3.63, 3.8) is 0 Å². The molecule has 10 unspecified atom stereocenters. The fourth-order valence-electron chi connectivity index (χ4n) is 5.19. The molecule has 0 spiro atoms. The van der Waals surface area contributed by atoms with Crippen LogP contribution in [-0.2, 0) is 0 Å². The third kappa shape index (κ3) is 14.7. The number of nitrogens with two attached hydrogens (primary N) is 1. The Labute approximate surface area is 229 Å². The van der Waals surface area contributed by atoms with E-state index in [1.807, 2.05) is 0 Å². The summed E-state index contributed by atoms with van der Waals surface area (Å²) in [5, 5.41) is 10.6. The highest BCUT2D eigenvalue weighted by molar-refractivity contribution is 4.85. The summed E-state index contributed by atoms with van der Waals surface area (Å²) in [5.74, 6) is 8.65. The quantitative estimate of drug-likeness (QED) is 0.237. The molecule has 0 radical (unpaired) electrons. The summed E-state index contributed by atoms with van der Waals surface area (Å²) in [6.07, 6.45) is 0. The Hall–Kier alpha value is -0.160. The zero-order valence-electron chi connectivity index (χ0n) is 28.1. The summed E-state index contributed by atoms with van der Waals surface area (Å²) in [5.41, 5.74) is 6.40. The van der Waals surface area contributed by atoms with Gasteiger partial charge >= 0.3 is 0 Å². The van der Waals surface area contributed by atoms with Gasteiger partial charge < -0.3 is 21.6 Å². The van der Waals surface area contributed by atoms with E-state index in [9.17, 15) is 0 Å². The molecule has 36 heavy (non-hydrogen) atoms. The van der Waals surface area contributed by atoms with Gasteiger partial charge in [-0.3, -0.25) is 0 Å². The van der Waals surface area contributed by atoms with E-state index in [4.69, 9.17) is 10.8 Å². The summed E-state index contributed by atoms with van der Waals surface area (Å²) < 4.78 is 0. The molecule has 4 heteroatoms. The largest absolute Gasteiger partial charge is 0.412 e. The monoisotopic (exact) mass is 519 g/mol. The van der Waals surface area contributed by atoms with Crippen LogP contribution in [0.5, 0.6) is 0 Å². The van der Waals surface area contributed by atoms with Gasteiger partial charge in [-0.15, -0.1) is 0 Å². The second-order valence-electron chi connectivity index (χ2n) is 13.2. The lowest BCUT2D eigenvalue weighted by atomic mass is 9.72. The van der Waals surface area contributed by atoms with E-state index in [2.05, 4.69) is 123 Å². The van der Waals surface area contributed by atoms with Crippen LogP contribution in [0.4, 0.5) is 0 Å². The highest BCUT2D eigenvalue weighted by Crippen LogP contribution is 2.33. The number of hydrogen-bond acceptors (Lipinski definition) is 3. The highest BCUT2D eigenvalue weighted by atomic mass is 16.2. The summed E-state index contributed by atoms with van der Waals surface area (Å²) in [7, 11) is 3.12. The topological polar surface area (TPSA) is 89.8 Å². The van der Waals surface area contributed by atoms with E-state index in [0.29, 0.717) is 35.8 Å². The minimum atomic E-state index is 0. The minimum Gasteiger partial charge on any atom is -0.412 e. The van der Waals surface area contributed by atoms with Gasteiger partial charge in [-0.1, -0.05) is 111 Å². The van der Waals surface area contributed by atoms with Crippen molar-refractivity contribution < 1.29 is 10.6 Å². The van der Waals surface area contributed by atoms with Crippen molar-refractivity contribution >= 4 is 0 Å². The van der Waals surface area contributed by atoms with Gasteiger partial charge in [0.05, 0.1) is 0 Å². The average Bonchev–Trinajstić information content (AvgIpc) is 2.81. The smallest absolute Gasteiger partial charge is 0.0319 e. The third-order valence-corrected chi connectivity index (χ3v) is 10.2. The van der Waals surface area contributed by atoms with Crippen LogP contribution in [0.3, 0.4) is 0 Å². The van der Waals surface area contributed by atoms with Gasteiger partial charge in [-0.25, -0.2) is 0 Å². The maximum atomic E-state index is 7.00. The SMILES string of the molecule is CC(C)C(C)C(C)C(C)C(N)C(C)C(C)C.CNC(C(C)C(C)C)C(C)C(C)C(C)C(C)C.CO.O. The minimum absolute atomic E-state index is 0. The van der Waals surface area contributed by atoms with E-state index in [1.54, 1.807) is 0 Å². The van der Waals surface area contributed by atoms with Crippen LogP contribution in [-0.4, -0.2) is 36.8 Å². The van der Waals surface area contributed by atoms with E-state index < -0.39 is 0 Å². The Morgan fingerprint density at radius 3 is 0.944 bits per heavy atom. The zero-order chi connectivity index (χ0) is 28.8. The normalized spacial score (nSPS) is 20.0. The Morgan fingerprint density at radius 2 is 0.694 bits per heavy atom. The van der Waals surface area contributed by atoms with E-state index in [-0.39, 0.29) is 5.48 Å². The molecule has 0 aromatic carbocycles. The molecular weight excluding hydrogens is 444 g/mol. The summed E-state index contributed by atoms with van der Waals surface area (Å²) in [6, 6.07) is 0.961. The first-order valence-electron chi connectivity index (χ1n) is 14.8. The van der Waals surface area contributed by atoms with Crippen LogP contribution >= 0.6 is 0 Å². The Balaban J connectivity index is -0.000000259. The second-order valence-corrected chi connectivity index (χ2v) is 13.2. The number of nitrogens with one attached hydrogen (secondary N) is 1. The van der Waals surface area contributed by atoms with Crippen LogP contribution < -0.4 is 11.1 Å². The number of rotatable bonds is 13. The van der Waals surface area contributed by atoms with Crippen LogP contribution in [0.15, 0.2) is 0 Å². The third-order valence-electron chi connectivity index (χ3n) is 10.2. The second kappa shape index (κ2) is 21.7. The van der Waals surface area contributed by atoms with Crippen molar-refractivity contribution in [1.82, 2.24) is 5.32 Å². The molecular formula is C32H74N2O2. The van der Waals surface area contributed by atoms with Crippen LogP contribution in [0, 0.1) is 71.0 Å². The summed E-state index contributed by atoms with van der Waals surface area (Å²) >= 11 is 0. The van der Waals surface area contributed by atoms with Gasteiger partial charge in [-0.2, -0.15) is 0 Å². The van der Waals surface area contributed by atoms with Gasteiger partial charge in [0.2, 0.25) is 0 Å². The lowest BCUT2D eigenvalue weighted by molar-refractivity contribution is 0.143. The molecule has 4 nitrogen and oxygen atoms in total. The van der Waals surface area contributed by atoms with Crippen molar-refractivity contribution in [2.75, 3.05) is 14.2 Å². The molecule has 0 aliphatic heterocycles. The maximum absolute atomic E-state index is 7.00. The molecule has 0 fully saturated rings. The van der Waals surface area contributed by atoms with E-state index >= 15 is 0 Å². The standard InChI is InChI=1S/C16H35N.C15H33N.CH4O.H2O/c1-10(2)12(5)14(7)15(8)16(17-9)13(6)11(3)4;1-9(2)11(5)13(7)14(8)15(16)12(6)10(3)4;1-2;/h10-17H,1-9H3;9-15H,16H2,1-8H3;2H,1H3;1H2. The van der Waals surface area contributed by atoms with Gasteiger partial charge in [0, 0.05) is 19.2 Å². The fraction of sp³-hybridized carbons (Fsp3) is 1.00. The molecule has 224 valence electrons. The number of hydrogen-bond donors (Lipinski definition) is 3.